The van der Waals surface area contributed by atoms with Gasteiger partial charge in [-0.3, -0.25) is 4.98 Å². The Balaban J connectivity index is 1.87. The van der Waals surface area contributed by atoms with Gasteiger partial charge >= 0.3 is 6.09 Å². The van der Waals surface area contributed by atoms with Crippen LogP contribution in [0.15, 0.2) is 42.6 Å². The SMILES string of the molecule is COc1ccc(CNC2(c3cc(N)ccn3)CN(C(=O)OC(C)(C)C)CC2C)cc1. The number of carbonyl (C=O) groups is 1. The highest BCUT2D eigenvalue weighted by atomic mass is 16.6. The van der Waals surface area contributed by atoms with E-state index in [4.69, 9.17) is 15.2 Å². The molecule has 3 rings (SSSR count). The van der Waals surface area contributed by atoms with Gasteiger partial charge in [0.05, 0.1) is 18.3 Å². The van der Waals surface area contributed by atoms with E-state index in [1.807, 2.05) is 51.1 Å². The number of nitrogens with zero attached hydrogens (tertiary/aromatic N) is 2. The van der Waals surface area contributed by atoms with Crippen LogP contribution in [0.5, 0.6) is 5.75 Å². The van der Waals surface area contributed by atoms with Crippen molar-refractivity contribution >= 4 is 11.8 Å². The summed E-state index contributed by atoms with van der Waals surface area (Å²) in [7, 11) is 1.65. The number of nitrogens with one attached hydrogen (secondary N) is 1. The van der Waals surface area contributed by atoms with Crippen LogP contribution < -0.4 is 15.8 Å². The van der Waals surface area contributed by atoms with Crippen LogP contribution in [0.3, 0.4) is 0 Å². The summed E-state index contributed by atoms with van der Waals surface area (Å²) in [5.74, 6) is 0.925. The molecule has 1 aromatic carbocycles. The number of hydrogen-bond acceptors (Lipinski definition) is 6. The third-order valence-corrected chi connectivity index (χ3v) is 5.44. The van der Waals surface area contributed by atoms with Gasteiger partial charge < -0.3 is 25.4 Å². The van der Waals surface area contributed by atoms with E-state index < -0.39 is 11.1 Å². The molecule has 1 aliphatic heterocycles. The Morgan fingerprint density at radius 3 is 2.60 bits per heavy atom. The van der Waals surface area contributed by atoms with Gasteiger partial charge in [-0.2, -0.15) is 0 Å². The Labute approximate surface area is 178 Å². The van der Waals surface area contributed by atoms with Gasteiger partial charge in [-0.05, 0) is 56.5 Å². The van der Waals surface area contributed by atoms with Crippen LogP contribution in [-0.4, -0.2) is 41.8 Å². The number of methoxy groups -OCH3 is 1. The van der Waals surface area contributed by atoms with Crippen molar-refractivity contribution in [3.05, 3.63) is 53.9 Å². The standard InChI is InChI=1S/C23H32N4O3/c1-16-14-27(21(28)30-22(2,3)4)15-23(16,20-12-18(24)10-11-25-20)26-13-17-6-8-19(29-5)9-7-17/h6-12,16,26H,13-15H2,1-5H3,(H2,24,25). The molecule has 3 N–H and O–H groups in total. The third kappa shape index (κ3) is 4.84. The zero-order valence-corrected chi connectivity index (χ0v) is 18.4. The van der Waals surface area contributed by atoms with Gasteiger partial charge in [0, 0.05) is 31.5 Å². The van der Waals surface area contributed by atoms with Crippen LogP contribution in [0.25, 0.3) is 0 Å². The van der Waals surface area contributed by atoms with Crippen molar-refractivity contribution in [3.8, 4) is 5.75 Å². The fourth-order valence-corrected chi connectivity index (χ4v) is 3.82. The summed E-state index contributed by atoms with van der Waals surface area (Å²) in [5.41, 5.74) is 7.57. The first-order valence-corrected chi connectivity index (χ1v) is 10.2. The molecular formula is C23H32N4O3. The van der Waals surface area contributed by atoms with E-state index in [2.05, 4.69) is 17.2 Å². The van der Waals surface area contributed by atoms with Crippen molar-refractivity contribution in [2.45, 2.75) is 45.4 Å². The van der Waals surface area contributed by atoms with E-state index in [9.17, 15) is 4.79 Å². The first kappa shape index (κ1) is 21.9. The number of nitrogen functional groups attached to an aromatic ring is 1. The predicted octanol–water partition coefficient (Wildman–Crippen LogP) is 3.54. The molecule has 0 spiro atoms. The number of anilines is 1. The van der Waals surface area contributed by atoms with Gasteiger partial charge in [-0.1, -0.05) is 19.1 Å². The van der Waals surface area contributed by atoms with Crippen LogP contribution in [0.1, 0.15) is 39.0 Å². The summed E-state index contributed by atoms with van der Waals surface area (Å²) in [5, 5.41) is 3.68. The van der Waals surface area contributed by atoms with Crippen molar-refractivity contribution in [1.82, 2.24) is 15.2 Å². The average Bonchev–Trinajstić information content (AvgIpc) is 3.03. The van der Waals surface area contributed by atoms with Crippen LogP contribution in [0.2, 0.25) is 0 Å². The Bertz CT molecular complexity index is 879. The lowest BCUT2D eigenvalue weighted by Gasteiger charge is -2.34. The number of aromatic nitrogens is 1. The fraction of sp³-hybridized carbons (Fsp3) is 0.478. The van der Waals surface area contributed by atoms with Crippen LogP contribution in [-0.2, 0) is 16.8 Å². The van der Waals surface area contributed by atoms with Crippen molar-refractivity contribution in [2.24, 2.45) is 5.92 Å². The second kappa shape index (κ2) is 8.52. The summed E-state index contributed by atoms with van der Waals surface area (Å²) < 4.78 is 10.9. The molecular weight excluding hydrogens is 380 g/mol. The highest BCUT2D eigenvalue weighted by Gasteiger charge is 2.48. The van der Waals surface area contributed by atoms with E-state index in [1.54, 1.807) is 24.3 Å². The summed E-state index contributed by atoms with van der Waals surface area (Å²) in [6.45, 7) is 9.39. The number of pyridine rings is 1. The third-order valence-electron chi connectivity index (χ3n) is 5.44. The molecule has 162 valence electrons. The minimum Gasteiger partial charge on any atom is -0.497 e. The molecule has 7 nitrogen and oxygen atoms in total. The van der Waals surface area contributed by atoms with Crippen molar-refractivity contribution in [2.75, 3.05) is 25.9 Å². The van der Waals surface area contributed by atoms with Crippen LogP contribution in [0, 0.1) is 5.92 Å². The largest absolute Gasteiger partial charge is 0.497 e. The van der Waals surface area contributed by atoms with Gasteiger partial charge in [0.1, 0.15) is 11.4 Å². The minimum absolute atomic E-state index is 0.109. The van der Waals surface area contributed by atoms with Gasteiger partial charge in [0.25, 0.3) is 0 Å². The number of nitrogens with two attached hydrogens (primary N) is 1. The number of ether oxygens (including phenoxy) is 2. The molecule has 1 saturated heterocycles. The maximum atomic E-state index is 12.8. The number of carbonyl (C=O) groups excluding carboxylic acids is 1. The summed E-state index contributed by atoms with van der Waals surface area (Å²) >= 11 is 0. The lowest BCUT2D eigenvalue weighted by Crippen LogP contribution is -2.49. The van der Waals surface area contributed by atoms with Crippen molar-refractivity contribution in [1.29, 1.82) is 0 Å². The first-order chi connectivity index (χ1) is 14.1. The molecule has 30 heavy (non-hydrogen) atoms. The molecule has 0 aliphatic carbocycles. The Kier molecular flexibility index (Phi) is 6.22. The molecule has 2 atom stereocenters. The van der Waals surface area contributed by atoms with Gasteiger partial charge in [-0.25, -0.2) is 4.79 Å². The molecule has 2 aromatic rings. The summed E-state index contributed by atoms with van der Waals surface area (Å²) in [6, 6.07) is 11.6. The second-order valence-electron chi connectivity index (χ2n) is 8.91. The van der Waals surface area contributed by atoms with Gasteiger partial charge in [0.2, 0.25) is 0 Å². The maximum absolute atomic E-state index is 12.8. The summed E-state index contributed by atoms with van der Waals surface area (Å²) in [4.78, 5) is 19.1. The van der Waals surface area contributed by atoms with Crippen LogP contribution in [0.4, 0.5) is 10.5 Å². The molecule has 7 heteroatoms. The molecule has 2 unspecified atom stereocenters. The minimum atomic E-state index is -0.544. The Morgan fingerprint density at radius 1 is 1.30 bits per heavy atom. The van der Waals surface area contributed by atoms with E-state index in [0.717, 1.165) is 17.0 Å². The number of amides is 1. The summed E-state index contributed by atoms with van der Waals surface area (Å²) in [6.07, 6.45) is 1.40. The second-order valence-corrected chi connectivity index (χ2v) is 8.91. The molecule has 1 aliphatic rings. The van der Waals surface area contributed by atoms with Gasteiger partial charge in [-0.15, -0.1) is 0 Å². The van der Waals surface area contributed by atoms with E-state index in [1.165, 1.54) is 0 Å². The smallest absolute Gasteiger partial charge is 0.410 e. The normalized spacial score (nSPS) is 21.5. The number of likely N-dealkylation sites (tertiary alicyclic amines) is 1. The number of benzene rings is 1. The Morgan fingerprint density at radius 2 is 2.00 bits per heavy atom. The van der Waals surface area contributed by atoms with Crippen molar-refractivity contribution in [3.63, 3.8) is 0 Å². The van der Waals surface area contributed by atoms with E-state index in [0.29, 0.717) is 25.3 Å². The van der Waals surface area contributed by atoms with Crippen LogP contribution >= 0.6 is 0 Å². The highest BCUT2D eigenvalue weighted by Crippen LogP contribution is 2.37. The Hall–Kier alpha value is -2.80. The fourth-order valence-electron chi connectivity index (χ4n) is 3.82. The molecule has 1 amide bonds. The monoisotopic (exact) mass is 412 g/mol. The molecule has 0 bridgehead atoms. The lowest BCUT2D eigenvalue weighted by molar-refractivity contribution is 0.0278. The molecule has 1 aromatic heterocycles. The van der Waals surface area contributed by atoms with Gasteiger partial charge in [0.15, 0.2) is 0 Å². The molecule has 0 saturated carbocycles. The average molecular weight is 413 g/mol. The van der Waals surface area contributed by atoms with Crippen molar-refractivity contribution < 1.29 is 14.3 Å². The van der Waals surface area contributed by atoms with E-state index in [-0.39, 0.29) is 12.0 Å². The lowest BCUT2D eigenvalue weighted by atomic mass is 9.84. The molecule has 2 heterocycles. The number of rotatable bonds is 5. The zero-order chi connectivity index (χ0) is 21.9. The first-order valence-electron chi connectivity index (χ1n) is 10.2. The highest BCUT2D eigenvalue weighted by molar-refractivity contribution is 5.69. The topological polar surface area (TPSA) is 89.7 Å². The quantitative estimate of drug-likeness (QED) is 0.781. The van der Waals surface area contributed by atoms with E-state index >= 15 is 0 Å². The zero-order valence-electron chi connectivity index (χ0n) is 18.4. The number of hydrogen-bond donors (Lipinski definition) is 2. The maximum Gasteiger partial charge on any atom is 0.410 e. The molecule has 1 fully saturated rings. The predicted molar refractivity (Wildman–Crippen MR) is 117 cm³/mol. The molecule has 0 radical (unpaired) electrons.